The van der Waals surface area contributed by atoms with Crippen LogP contribution >= 0.6 is 0 Å². The molecule has 0 bridgehead atoms. The minimum Gasteiger partial charge on any atom is -0.379 e. The smallest absolute Gasteiger partial charge is 0.247 e. The lowest BCUT2D eigenvalue weighted by Gasteiger charge is -2.26. The molecular weight excluding hydrogens is 416 g/mol. The number of rotatable bonds is 8. The molecule has 0 radical (unpaired) electrons. The van der Waals surface area contributed by atoms with Crippen molar-refractivity contribution in [3.05, 3.63) is 66.4 Å². The fraction of sp³-hybridized carbons (Fsp3) is 0.320. The van der Waals surface area contributed by atoms with Crippen molar-refractivity contribution >= 4 is 23.2 Å². The molecule has 2 aromatic heterocycles. The van der Waals surface area contributed by atoms with Gasteiger partial charge in [0.25, 0.3) is 0 Å². The molecule has 0 unspecified atom stereocenters. The summed E-state index contributed by atoms with van der Waals surface area (Å²) in [5.41, 5.74) is 4.78. The Morgan fingerprint density at radius 2 is 2.03 bits per heavy atom. The molecule has 5 rings (SSSR count). The third-order valence-corrected chi connectivity index (χ3v) is 5.88. The van der Waals surface area contributed by atoms with Gasteiger partial charge in [0.15, 0.2) is 5.82 Å². The summed E-state index contributed by atoms with van der Waals surface area (Å²) in [5, 5.41) is 13.7. The maximum atomic E-state index is 11.7. The average molecular weight is 445 g/mol. The number of nitrogens with zero attached hydrogens (tertiary/aromatic N) is 3. The van der Waals surface area contributed by atoms with Crippen LogP contribution in [0.4, 0.5) is 17.3 Å². The van der Waals surface area contributed by atoms with E-state index in [4.69, 9.17) is 9.72 Å². The van der Waals surface area contributed by atoms with E-state index < -0.39 is 0 Å². The van der Waals surface area contributed by atoms with Crippen LogP contribution in [0.15, 0.2) is 55.1 Å². The van der Waals surface area contributed by atoms with Gasteiger partial charge in [-0.2, -0.15) is 5.10 Å². The van der Waals surface area contributed by atoms with E-state index in [9.17, 15) is 4.79 Å². The number of aromatic nitrogens is 3. The number of H-pyrrole nitrogens is 1. The number of amides is 1. The standard InChI is InChI=1S/C25H28N6O2/c1-2-25(32)26-20-5-3-4-19(14-20)21-12-17(16-31-8-10-33-11-9-31)13-23(27-21)28-24-15-22(29-30-24)18-6-7-18/h2-5,12-15,18H,1,6-11,16H2,(H,26,32)(H2,27,28,29,30). The second-order valence-corrected chi connectivity index (χ2v) is 8.52. The lowest BCUT2D eigenvalue weighted by Crippen LogP contribution is -2.35. The van der Waals surface area contributed by atoms with E-state index >= 15 is 0 Å². The van der Waals surface area contributed by atoms with Crippen LogP contribution in [0.3, 0.4) is 0 Å². The molecule has 1 aliphatic heterocycles. The van der Waals surface area contributed by atoms with E-state index in [1.165, 1.54) is 24.6 Å². The number of carbonyl (C=O) groups excluding carboxylic acids is 1. The summed E-state index contributed by atoms with van der Waals surface area (Å²) in [5.74, 6) is 1.88. The van der Waals surface area contributed by atoms with Crippen molar-refractivity contribution in [1.82, 2.24) is 20.1 Å². The number of carbonyl (C=O) groups is 1. The zero-order valence-corrected chi connectivity index (χ0v) is 18.5. The van der Waals surface area contributed by atoms with Crippen LogP contribution in [0, 0.1) is 0 Å². The maximum absolute atomic E-state index is 11.7. The zero-order valence-electron chi connectivity index (χ0n) is 18.5. The molecule has 170 valence electrons. The van der Waals surface area contributed by atoms with Crippen LogP contribution in [0.5, 0.6) is 0 Å². The first-order chi connectivity index (χ1) is 16.2. The van der Waals surface area contributed by atoms with Crippen LogP contribution in [0.2, 0.25) is 0 Å². The van der Waals surface area contributed by atoms with Crippen molar-refractivity contribution < 1.29 is 9.53 Å². The van der Waals surface area contributed by atoms with Gasteiger partial charge in [-0.25, -0.2) is 4.98 Å². The number of anilines is 3. The summed E-state index contributed by atoms with van der Waals surface area (Å²) in [6.07, 6.45) is 3.70. The van der Waals surface area contributed by atoms with Crippen molar-refractivity contribution in [3.8, 4) is 11.3 Å². The molecule has 8 nitrogen and oxygen atoms in total. The number of aromatic amines is 1. The van der Waals surface area contributed by atoms with E-state index in [0.29, 0.717) is 11.6 Å². The number of hydrogen-bond acceptors (Lipinski definition) is 6. The highest BCUT2D eigenvalue weighted by atomic mass is 16.5. The van der Waals surface area contributed by atoms with Crippen molar-refractivity contribution in [3.63, 3.8) is 0 Å². The molecule has 1 aliphatic carbocycles. The van der Waals surface area contributed by atoms with Gasteiger partial charge in [-0.1, -0.05) is 18.7 Å². The molecule has 2 fully saturated rings. The highest BCUT2D eigenvalue weighted by Crippen LogP contribution is 2.39. The molecule has 2 aliphatic rings. The fourth-order valence-corrected chi connectivity index (χ4v) is 3.99. The Hall–Kier alpha value is -3.49. The van der Waals surface area contributed by atoms with Gasteiger partial charge in [-0.05, 0) is 48.7 Å². The van der Waals surface area contributed by atoms with Crippen LogP contribution in [-0.4, -0.2) is 52.3 Å². The number of hydrogen-bond donors (Lipinski definition) is 3. The first kappa shape index (κ1) is 21.4. The van der Waals surface area contributed by atoms with Crippen LogP contribution in [0.25, 0.3) is 11.3 Å². The first-order valence-corrected chi connectivity index (χ1v) is 11.3. The zero-order chi connectivity index (χ0) is 22.6. The molecule has 1 aromatic carbocycles. The molecule has 33 heavy (non-hydrogen) atoms. The van der Waals surface area contributed by atoms with Crippen molar-refractivity contribution in [2.75, 3.05) is 36.9 Å². The fourth-order valence-electron chi connectivity index (χ4n) is 3.99. The molecule has 8 heteroatoms. The van der Waals surface area contributed by atoms with E-state index in [1.807, 2.05) is 24.3 Å². The highest BCUT2D eigenvalue weighted by Gasteiger charge is 2.25. The van der Waals surface area contributed by atoms with Crippen molar-refractivity contribution in [2.24, 2.45) is 0 Å². The average Bonchev–Trinajstić information content (AvgIpc) is 3.58. The minimum atomic E-state index is -0.242. The van der Waals surface area contributed by atoms with Crippen LogP contribution < -0.4 is 10.6 Å². The minimum absolute atomic E-state index is 0.242. The van der Waals surface area contributed by atoms with Gasteiger partial charge < -0.3 is 15.4 Å². The molecule has 3 heterocycles. The van der Waals surface area contributed by atoms with Crippen LogP contribution in [0.1, 0.15) is 30.0 Å². The largest absolute Gasteiger partial charge is 0.379 e. The van der Waals surface area contributed by atoms with Crippen molar-refractivity contribution in [2.45, 2.75) is 25.3 Å². The quantitative estimate of drug-likeness (QED) is 0.454. The molecule has 0 atom stereocenters. The number of benzene rings is 1. The Kier molecular flexibility index (Phi) is 6.19. The summed E-state index contributed by atoms with van der Waals surface area (Å²) in [6, 6.07) is 13.9. The Balaban J connectivity index is 1.44. The van der Waals surface area contributed by atoms with Gasteiger partial charge in [0.1, 0.15) is 5.82 Å². The third-order valence-electron chi connectivity index (χ3n) is 5.88. The Bertz CT molecular complexity index is 1150. The molecule has 3 N–H and O–H groups in total. The lowest BCUT2D eigenvalue weighted by molar-refractivity contribution is -0.111. The highest BCUT2D eigenvalue weighted by molar-refractivity contribution is 5.99. The van der Waals surface area contributed by atoms with Crippen LogP contribution in [-0.2, 0) is 16.1 Å². The Labute approximate surface area is 193 Å². The number of pyridine rings is 1. The summed E-state index contributed by atoms with van der Waals surface area (Å²) >= 11 is 0. The first-order valence-electron chi connectivity index (χ1n) is 11.3. The lowest BCUT2D eigenvalue weighted by atomic mass is 10.1. The summed E-state index contributed by atoms with van der Waals surface area (Å²) < 4.78 is 5.49. The predicted molar refractivity (Wildman–Crippen MR) is 128 cm³/mol. The molecule has 1 saturated carbocycles. The van der Waals surface area contributed by atoms with Crippen molar-refractivity contribution in [1.29, 1.82) is 0 Å². The SMILES string of the molecule is C=CC(=O)Nc1cccc(-c2cc(CN3CCOCC3)cc(Nc3cc(C4CC4)[nH]n3)n2)c1. The molecular formula is C25H28N6O2. The van der Waals surface area contributed by atoms with Gasteiger partial charge in [0.05, 0.1) is 18.9 Å². The number of ether oxygens (including phenoxy) is 1. The van der Waals surface area contributed by atoms with Gasteiger partial charge >= 0.3 is 0 Å². The normalized spacial score (nSPS) is 16.4. The molecule has 3 aromatic rings. The van der Waals surface area contributed by atoms with Gasteiger partial charge in [-0.3, -0.25) is 14.8 Å². The van der Waals surface area contributed by atoms with E-state index in [-0.39, 0.29) is 5.91 Å². The summed E-state index contributed by atoms with van der Waals surface area (Å²) in [7, 11) is 0. The number of morpholine rings is 1. The van der Waals surface area contributed by atoms with E-state index in [1.54, 1.807) is 0 Å². The molecule has 1 amide bonds. The topological polar surface area (TPSA) is 95.2 Å². The van der Waals surface area contributed by atoms with Gasteiger partial charge in [0, 0.05) is 48.6 Å². The van der Waals surface area contributed by atoms with E-state index in [2.05, 4.69) is 50.5 Å². The van der Waals surface area contributed by atoms with Gasteiger partial charge in [0.2, 0.25) is 5.91 Å². The Morgan fingerprint density at radius 3 is 2.82 bits per heavy atom. The molecule has 1 saturated heterocycles. The summed E-state index contributed by atoms with van der Waals surface area (Å²) in [4.78, 5) is 19.0. The van der Waals surface area contributed by atoms with Gasteiger partial charge in [-0.15, -0.1) is 0 Å². The Morgan fingerprint density at radius 1 is 1.18 bits per heavy atom. The third kappa shape index (κ3) is 5.47. The predicted octanol–water partition coefficient (Wildman–Crippen LogP) is 4.05. The number of nitrogens with one attached hydrogen (secondary N) is 3. The second-order valence-electron chi connectivity index (χ2n) is 8.52. The van der Waals surface area contributed by atoms with E-state index in [0.717, 1.165) is 61.3 Å². The monoisotopic (exact) mass is 444 g/mol. The molecule has 0 spiro atoms. The maximum Gasteiger partial charge on any atom is 0.247 e. The summed E-state index contributed by atoms with van der Waals surface area (Å²) in [6.45, 7) is 7.66. The second kappa shape index (κ2) is 9.56.